The lowest BCUT2D eigenvalue weighted by Crippen LogP contribution is -2.52. The first-order valence-corrected chi connectivity index (χ1v) is 9.43. The lowest BCUT2D eigenvalue weighted by molar-refractivity contribution is -0.272. The Kier molecular flexibility index (Phi) is 6.00. The second-order valence-corrected chi connectivity index (χ2v) is 7.54. The molecule has 2 heterocycles. The highest BCUT2D eigenvalue weighted by Gasteiger charge is 2.59. The molecule has 1 unspecified atom stereocenters. The molecule has 1 saturated heterocycles. The Morgan fingerprint density at radius 2 is 1.90 bits per heavy atom. The number of aromatic nitrogens is 2. The molecular weight excluding hydrogens is 385 g/mol. The zero-order valence-electron chi connectivity index (χ0n) is 16.5. The molecule has 0 radical (unpaired) electrons. The van der Waals surface area contributed by atoms with Crippen LogP contribution >= 0.6 is 0 Å². The Morgan fingerprint density at radius 1 is 1.21 bits per heavy atom. The summed E-state index contributed by atoms with van der Waals surface area (Å²) in [5, 5.41) is 10.4. The number of halogens is 3. The van der Waals surface area contributed by atoms with Crippen LogP contribution in [0.3, 0.4) is 0 Å². The fourth-order valence-electron chi connectivity index (χ4n) is 3.62. The van der Waals surface area contributed by atoms with Gasteiger partial charge in [-0.25, -0.2) is 4.98 Å². The molecular formula is C20H25F3N4O2. The number of alkyl halides is 3. The van der Waals surface area contributed by atoms with Crippen molar-refractivity contribution in [3.63, 3.8) is 0 Å². The Bertz CT molecular complexity index is 859. The molecule has 1 aromatic heterocycles. The van der Waals surface area contributed by atoms with Crippen molar-refractivity contribution in [3.05, 3.63) is 53.6 Å². The first kappa shape index (κ1) is 21.3. The average molecular weight is 410 g/mol. The number of carbonyl (C=O) groups is 1. The van der Waals surface area contributed by atoms with E-state index in [0.717, 1.165) is 22.2 Å². The number of hydrogen-bond acceptors (Lipinski definition) is 4. The Morgan fingerprint density at radius 3 is 2.45 bits per heavy atom. The molecule has 0 bridgehead atoms. The topological polar surface area (TPSA) is 61.6 Å². The third kappa shape index (κ3) is 4.62. The van der Waals surface area contributed by atoms with Gasteiger partial charge in [-0.2, -0.15) is 13.2 Å². The minimum absolute atomic E-state index is 0.319. The van der Waals surface area contributed by atoms with Gasteiger partial charge in [-0.3, -0.25) is 9.69 Å². The van der Waals surface area contributed by atoms with E-state index in [1.54, 1.807) is 0 Å². The molecule has 1 aliphatic heterocycles. The Hall–Kier alpha value is -2.39. The van der Waals surface area contributed by atoms with Crippen molar-refractivity contribution < 1.29 is 23.1 Å². The molecule has 1 N–H and O–H groups in total. The van der Waals surface area contributed by atoms with E-state index in [0.29, 0.717) is 26.2 Å². The lowest BCUT2D eigenvalue weighted by Gasteiger charge is -2.37. The standard InChI is InChI=1S/C20H25F3N4O2/c1-15-4-3-5-16(12-15)14-26-8-10-27(11-9-26)17(28)13-19(29,20(21,22)23)18-24-6-7-25(18)2/h3-7,12,29H,8-11,13-14H2,1-2H3. The third-order valence-corrected chi connectivity index (χ3v) is 5.28. The highest BCUT2D eigenvalue weighted by Crippen LogP contribution is 2.41. The molecule has 1 aromatic carbocycles. The summed E-state index contributed by atoms with van der Waals surface area (Å²) in [6, 6.07) is 8.12. The van der Waals surface area contributed by atoms with Gasteiger partial charge >= 0.3 is 6.18 Å². The van der Waals surface area contributed by atoms with Gasteiger partial charge < -0.3 is 14.6 Å². The molecule has 0 aliphatic carbocycles. The number of carbonyl (C=O) groups excluding carboxylic acids is 1. The molecule has 2 aromatic rings. The van der Waals surface area contributed by atoms with Gasteiger partial charge in [0.05, 0.1) is 6.42 Å². The van der Waals surface area contributed by atoms with Crippen LogP contribution in [0.1, 0.15) is 23.4 Å². The van der Waals surface area contributed by atoms with Crippen LogP contribution in [0.15, 0.2) is 36.7 Å². The van der Waals surface area contributed by atoms with E-state index in [1.165, 1.54) is 24.3 Å². The van der Waals surface area contributed by atoms with Gasteiger partial charge in [0.1, 0.15) is 0 Å². The Balaban J connectivity index is 1.63. The zero-order chi connectivity index (χ0) is 21.2. The van der Waals surface area contributed by atoms with Gasteiger partial charge in [0, 0.05) is 52.2 Å². The second kappa shape index (κ2) is 8.16. The lowest BCUT2D eigenvalue weighted by atomic mass is 9.96. The maximum absolute atomic E-state index is 13.6. The molecule has 6 nitrogen and oxygen atoms in total. The molecule has 29 heavy (non-hydrogen) atoms. The summed E-state index contributed by atoms with van der Waals surface area (Å²) >= 11 is 0. The predicted molar refractivity (Wildman–Crippen MR) is 101 cm³/mol. The molecule has 1 amide bonds. The van der Waals surface area contributed by atoms with Crippen LogP contribution in [-0.2, 0) is 24.0 Å². The number of rotatable bonds is 5. The second-order valence-electron chi connectivity index (χ2n) is 7.54. The fraction of sp³-hybridized carbons (Fsp3) is 0.500. The third-order valence-electron chi connectivity index (χ3n) is 5.28. The number of piperazine rings is 1. The average Bonchev–Trinajstić information content (AvgIpc) is 3.08. The first-order chi connectivity index (χ1) is 13.6. The summed E-state index contributed by atoms with van der Waals surface area (Å²) in [5.41, 5.74) is -0.996. The van der Waals surface area contributed by atoms with Crippen molar-refractivity contribution in [2.45, 2.75) is 31.7 Å². The summed E-state index contributed by atoms with van der Waals surface area (Å²) in [7, 11) is 1.35. The maximum atomic E-state index is 13.6. The van der Waals surface area contributed by atoms with E-state index in [-0.39, 0.29) is 0 Å². The smallest absolute Gasteiger partial charge is 0.374 e. The van der Waals surface area contributed by atoms with E-state index in [4.69, 9.17) is 0 Å². The number of imidazole rings is 1. The van der Waals surface area contributed by atoms with Crippen molar-refractivity contribution in [1.29, 1.82) is 0 Å². The Labute approximate surface area is 167 Å². The number of nitrogens with zero attached hydrogens (tertiary/aromatic N) is 4. The number of aliphatic hydroxyl groups is 1. The molecule has 9 heteroatoms. The van der Waals surface area contributed by atoms with Crippen LogP contribution in [0, 0.1) is 6.92 Å². The van der Waals surface area contributed by atoms with E-state index in [1.807, 2.05) is 25.1 Å². The van der Waals surface area contributed by atoms with Gasteiger partial charge in [-0.05, 0) is 12.5 Å². The van der Waals surface area contributed by atoms with Crippen molar-refractivity contribution in [2.75, 3.05) is 26.2 Å². The summed E-state index contributed by atoms with van der Waals surface area (Å²) in [6.07, 6.45) is -3.63. The molecule has 1 aliphatic rings. The normalized spacial score (nSPS) is 17.9. The van der Waals surface area contributed by atoms with Crippen LogP contribution < -0.4 is 0 Å². The fourth-order valence-corrected chi connectivity index (χ4v) is 3.62. The van der Waals surface area contributed by atoms with Gasteiger partial charge in [-0.15, -0.1) is 0 Å². The number of amides is 1. The maximum Gasteiger partial charge on any atom is 0.425 e. The van der Waals surface area contributed by atoms with Crippen molar-refractivity contribution in [3.8, 4) is 0 Å². The van der Waals surface area contributed by atoms with E-state index < -0.39 is 29.9 Å². The molecule has 0 spiro atoms. The highest BCUT2D eigenvalue weighted by molar-refractivity contribution is 5.77. The summed E-state index contributed by atoms with van der Waals surface area (Å²) in [5.74, 6) is -1.32. The molecule has 0 saturated carbocycles. The van der Waals surface area contributed by atoms with Gasteiger partial charge in [0.2, 0.25) is 11.5 Å². The van der Waals surface area contributed by atoms with Crippen molar-refractivity contribution in [1.82, 2.24) is 19.4 Å². The largest absolute Gasteiger partial charge is 0.425 e. The van der Waals surface area contributed by atoms with Crippen molar-refractivity contribution in [2.24, 2.45) is 7.05 Å². The van der Waals surface area contributed by atoms with Crippen LogP contribution in [0.5, 0.6) is 0 Å². The van der Waals surface area contributed by atoms with Crippen molar-refractivity contribution >= 4 is 5.91 Å². The molecule has 3 rings (SSSR count). The predicted octanol–water partition coefficient (Wildman–Crippen LogP) is 2.21. The molecule has 158 valence electrons. The van der Waals surface area contributed by atoms with Gasteiger partial charge in [0.15, 0.2) is 5.82 Å². The SMILES string of the molecule is Cc1cccc(CN2CCN(C(=O)CC(O)(c3nccn3C)C(F)(F)F)CC2)c1. The monoisotopic (exact) mass is 410 g/mol. The van der Waals surface area contributed by atoms with E-state index >= 15 is 0 Å². The first-order valence-electron chi connectivity index (χ1n) is 9.43. The zero-order valence-corrected chi connectivity index (χ0v) is 16.5. The number of aryl methyl sites for hydroxylation is 2. The summed E-state index contributed by atoms with van der Waals surface area (Å²) in [6.45, 7) is 4.50. The van der Waals surface area contributed by atoms with Gasteiger partial charge in [0.25, 0.3) is 0 Å². The summed E-state index contributed by atoms with van der Waals surface area (Å²) < 4.78 is 42.0. The van der Waals surface area contributed by atoms with E-state index in [9.17, 15) is 23.1 Å². The van der Waals surface area contributed by atoms with Gasteiger partial charge in [-0.1, -0.05) is 29.8 Å². The van der Waals surface area contributed by atoms with Crippen LogP contribution in [0.25, 0.3) is 0 Å². The van der Waals surface area contributed by atoms with Crippen LogP contribution in [-0.4, -0.2) is 62.7 Å². The molecule has 1 fully saturated rings. The number of benzene rings is 1. The van der Waals surface area contributed by atoms with E-state index in [2.05, 4.69) is 16.0 Å². The minimum Gasteiger partial charge on any atom is -0.374 e. The highest BCUT2D eigenvalue weighted by atomic mass is 19.4. The van der Waals surface area contributed by atoms with Crippen LogP contribution in [0.4, 0.5) is 13.2 Å². The quantitative estimate of drug-likeness (QED) is 0.821. The summed E-state index contributed by atoms with van der Waals surface area (Å²) in [4.78, 5) is 19.8. The molecule has 1 atom stereocenters. The number of hydrogen-bond donors (Lipinski definition) is 1. The minimum atomic E-state index is -5.02. The van der Waals surface area contributed by atoms with Crippen LogP contribution in [0.2, 0.25) is 0 Å².